The summed E-state index contributed by atoms with van der Waals surface area (Å²) in [6.07, 6.45) is -4.18. The number of fused-ring (bicyclic) bond motifs is 1. The van der Waals surface area contributed by atoms with E-state index in [4.69, 9.17) is 0 Å². The molecule has 3 N–H and O–H groups in total. The first-order valence-electron chi connectivity index (χ1n) is 10.3. The zero-order valence-electron chi connectivity index (χ0n) is 18.0. The van der Waals surface area contributed by atoms with Gasteiger partial charge in [-0.05, 0) is 55.0 Å². The lowest BCUT2D eigenvalue weighted by Crippen LogP contribution is -2.21. The van der Waals surface area contributed by atoms with E-state index < -0.39 is 23.6 Å². The summed E-state index contributed by atoms with van der Waals surface area (Å²) in [5.41, 5.74) is 1.12. The molecule has 4 rings (SSSR count). The van der Waals surface area contributed by atoms with Crippen LogP contribution in [0.5, 0.6) is 0 Å². The van der Waals surface area contributed by atoms with Crippen LogP contribution in [0.2, 0.25) is 0 Å². The van der Waals surface area contributed by atoms with Crippen LogP contribution in [0.25, 0.3) is 0 Å². The van der Waals surface area contributed by atoms with Gasteiger partial charge in [-0.2, -0.15) is 13.2 Å². The average molecular weight is 472 g/mol. The molecule has 1 aliphatic rings. The third kappa shape index (κ3) is 4.66. The van der Waals surface area contributed by atoms with Gasteiger partial charge in [0.2, 0.25) is 0 Å². The maximum atomic E-state index is 15.2. The summed E-state index contributed by atoms with van der Waals surface area (Å²) in [5, 5.41) is 7.21. The Bertz CT molecular complexity index is 1260. The highest BCUT2D eigenvalue weighted by Gasteiger charge is 2.30. The van der Waals surface area contributed by atoms with Gasteiger partial charge in [-0.3, -0.25) is 4.79 Å². The van der Waals surface area contributed by atoms with Crippen molar-refractivity contribution in [3.05, 3.63) is 83.2 Å². The number of carbonyl (C=O) groups is 2. The van der Waals surface area contributed by atoms with Gasteiger partial charge >= 0.3 is 12.2 Å². The Balaban J connectivity index is 1.52. The molecule has 3 amide bonds. The summed E-state index contributed by atoms with van der Waals surface area (Å²) < 4.78 is 53.8. The number of hydrogen-bond acceptors (Lipinski definition) is 3. The second kappa shape index (κ2) is 9.05. The van der Waals surface area contributed by atoms with Gasteiger partial charge in [-0.25, -0.2) is 9.18 Å². The molecular weight excluding hydrogens is 452 g/mol. The van der Waals surface area contributed by atoms with E-state index in [9.17, 15) is 22.8 Å². The van der Waals surface area contributed by atoms with Crippen LogP contribution >= 0.6 is 0 Å². The normalized spacial score (nSPS) is 12.8. The van der Waals surface area contributed by atoms with Crippen molar-refractivity contribution in [1.82, 2.24) is 5.32 Å². The van der Waals surface area contributed by atoms with E-state index in [-0.39, 0.29) is 17.3 Å². The third-order valence-electron chi connectivity index (χ3n) is 5.44. The largest absolute Gasteiger partial charge is 0.416 e. The zero-order valence-corrected chi connectivity index (χ0v) is 18.0. The Labute approximate surface area is 192 Å². The molecule has 0 saturated carbocycles. The number of urea groups is 1. The van der Waals surface area contributed by atoms with E-state index in [1.807, 2.05) is 11.0 Å². The maximum Gasteiger partial charge on any atom is 0.416 e. The van der Waals surface area contributed by atoms with Gasteiger partial charge in [0, 0.05) is 41.8 Å². The first kappa shape index (κ1) is 23.1. The second-order valence-electron chi connectivity index (χ2n) is 7.61. The minimum absolute atomic E-state index is 0.0731. The van der Waals surface area contributed by atoms with Crippen LogP contribution < -0.4 is 20.9 Å². The van der Waals surface area contributed by atoms with Crippen molar-refractivity contribution >= 4 is 34.7 Å². The van der Waals surface area contributed by atoms with E-state index in [0.29, 0.717) is 29.8 Å². The minimum Gasteiger partial charge on any atom is -0.355 e. The standard InChI is InChI=1S/C24H20F4N4O2/c1-29-22(33)14-4-2-7-17(12-14)32-11-10-18-20(32)9-8-19(21(18)25)31-23(34)30-16-6-3-5-15(13-16)24(26,27)28/h2-9,12-13H,10-11H2,1H3,(H,29,33)(H2,30,31,34). The van der Waals surface area contributed by atoms with Gasteiger partial charge in [0.05, 0.1) is 11.3 Å². The number of halogens is 4. The second-order valence-corrected chi connectivity index (χ2v) is 7.61. The van der Waals surface area contributed by atoms with E-state index in [1.165, 1.54) is 25.2 Å². The van der Waals surface area contributed by atoms with Crippen LogP contribution in [0, 0.1) is 5.82 Å². The van der Waals surface area contributed by atoms with Crippen molar-refractivity contribution in [2.75, 3.05) is 29.1 Å². The lowest BCUT2D eigenvalue weighted by Gasteiger charge is -2.21. The minimum atomic E-state index is -4.55. The Hall–Kier alpha value is -4.08. The molecule has 6 nitrogen and oxygen atoms in total. The Morgan fingerprint density at radius 2 is 1.74 bits per heavy atom. The van der Waals surface area contributed by atoms with Gasteiger partial charge in [0.15, 0.2) is 5.82 Å². The molecule has 0 aliphatic carbocycles. The summed E-state index contributed by atoms with van der Waals surface area (Å²) in [6.45, 7) is 0.476. The molecule has 1 aliphatic heterocycles. The summed E-state index contributed by atoms with van der Waals surface area (Å²) >= 11 is 0. The molecule has 0 bridgehead atoms. The van der Waals surface area contributed by atoms with Gasteiger partial charge in [-0.15, -0.1) is 0 Å². The molecule has 10 heteroatoms. The monoisotopic (exact) mass is 472 g/mol. The van der Waals surface area contributed by atoms with Crippen LogP contribution in [-0.4, -0.2) is 25.5 Å². The van der Waals surface area contributed by atoms with Crippen molar-refractivity contribution < 1.29 is 27.2 Å². The molecule has 0 saturated heterocycles. The first-order valence-corrected chi connectivity index (χ1v) is 10.3. The van der Waals surface area contributed by atoms with Gasteiger partial charge in [0.1, 0.15) is 0 Å². The molecule has 0 atom stereocenters. The highest BCUT2D eigenvalue weighted by Crippen LogP contribution is 2.38. The number of nitrogens with zero attached hydrogens (tertiary/aromatic N) is 1. The number of rotatable bonds is 4. The van der Waals surface area contributed by atoms with Crippen molar-refractivity contribution in [1.29, 1.82) is 0 Å². The van der Waals surface area contributed by atoms with Gasteiger partial charge < -0.3 is 20.9 Å². The molecule has 34 heavy (non-hydrogen) atoms. The lowest BCUT2D eigenvalue weighted by atomic mass is 10.1. The predicted octanol–water partition coefficient (Wildman–Crippen LogP) is 5.54. The maximum absolute atomic E-state index is 15.2. The quantitative estimate of drug-likeness (QED) is 0.437. The molecule has 0 radical (unpaired) electrons. The number of carbonyl (C=O) groups excluding carboxylic acids is 2. The molecule has 3 aromatic rings. The summed E-state index contributed by atoms with van der Waals surface area (Å²) in [5.74, 6) is -0.861. The van der Waals surface area contributed by atoms with Crippen LogP contribution in [-0.2, 0) is 12.6 Å². The Morgan fingerprint density at radius 3 is 2.47 bits per heavy atom. The fourth-order valence-electron chi connectivity index (χ4n) is 3.83. The van der Waals surface area contributed by atoms with Crippen LogP contribution in [0.1, 0.15) is 21.5 Å². The highest BCUT2D eigenvalue weighted by atomic mass is 19.4. The topological polar surface area (TPSA) is 73.5 Å². The average Bonchev–Trinajstić information content (AvgIpc) is 3.25. The molecule has 0 unspecified atom stereocenters. The van der Waals surface area contributed by atoms with Crippen molar-refractivity contribution in [2.24, 2.45) is 0 Å². The van der Waals surface area contributed by atoms with E-state index in [2.05, 4.69) is 16.0 Å². The summed E-state index contributed by atoms with van der Waals surface area (Å²) in [4.78, 5) is 26.1. The number of hydrogen-bond donors (Lipinski definition) is 3. The number of alkyl halides is 3. The fraction of sp³-hybridized carbons (Fsp3) is 0.167. The number of nitrogens with one attached hydrogen (secondary N) is 3. The van der Waals surface area contributed by atoms with E-state index >= 15 is 4.39 Å². The number of benzene rings is 3. The van der Waals surface area contributed by atoms with Crippen LogP contribution in [0.4, 0.5) is 45.1 Å². The molecule has 176 valence electrons. The molecule has 0 spiro atoms. The van der Waals surface area contributed by atoms with Crippen LogP contribution in [0.15, 0.2) is 60.7 Å². The van der Waals surface area contributed by atoms with Gasteiger partial charge in [0.25, 0.3) is 5.91 Å². The molecular formula is C24H20F4N4O2. The molecule has 0 fully saturated rings. The predicted molar refractivity (Wildman–Crippen MR) is 121 cm³/mol. The van der Waals surface area contributed by atoms with Gasteiger partial charge in [-0.1, -0.05) is 12.1 Å². The molecule has 0 aromatic heterocycles. The molecule has 3 aromatic carbocycles. The zero-order chi connectivity index (χ0) is 24.5. The van der Waals surface area contributed by atoms with Crippen molar-refractivity contribution in [2.45, 2.75) is 12.6 Å². The van der Waals surface area contributed by atoms with E-state index in [0.717, 1.165) is 17.8 Å². The number of anilines is 4. The summed E-state index contributed by atoms with van der Waals surface area (Å²) in [7, 11) is 1.53. The Kier molecular flexibility index (Phi) is 6.14. The van der Waals surface area contributed by atoms with Crippen LogP contribution in [0.3, 0.4) is 0 Å². The van der Waals surface area contributed by atoms with Crippen molar-refractivity contribution in [3.63, 3.8) is 0 Å². The third-order valence-corrected chi connectivity index (χ3v) is 5.44. The lowest BCUT2D eigenvalue weighted by molar-refractivity contribution is -0.137. The smallest absolute Gasteiger partial charge is 0.355 e. The highest BCUT2D eigenvalue weighted by molar-refractivity contribution is 6.00. The first-order chi connectivity index (χ1) is 16.2. The SMILES string of the molecule is CNC(=O)c1cccc(N2CCc3c2ccc(NC(=O)Nc2cccc(C(F)(F)F)c2)c3F)c1. The summed E-state index contributed by atoms with van der Waals surface area (Å²) in [6, 6.07) is 13.3. The number of amides is 3. The Morgan fingerprint density at radius 1 is 0.971 bits per heavy atom. The fourth-order valence-corrected chi connectivity index (χ4v) is 3.83. The van der Waals surface area contributed by atoms with Crippen molar-refractivity contribution in [3.8, 4) is 0 Å². The molecule has 1 heterocycles. The van der Waals surface area contributed by atoms with E-state index in [1.54, 1.807) is 24.3 Å².